The van der Waals surface area contributed by atoms with Crippen molar-refractivity contribution >= 4 is 32.6 Å². The van der Waals surface area contributed by atoms with E-state index in [1.54, 1.807) is 18.4 Å². The predicted molar refractivity (Wildman–Crippen MR) is 119 cm³/mol. The first kappa shape index (κ1) is 22.3. The number of halogens is 3. The molecule has 1 N–H and O–H groups in total. The molecule has 3 aromatic rings. The van der Waals surface area contributed by atoms with Crippen molar-refractivity contribution in [1.82, 2.24) is 15.2 Å². The van der Waals surface area contributed by atoms with E-state index in [-0.39, 0.29) is 5.56 Å². The fourth-order valence-corrected chi connectivity index (χ4v) is 4.68. The first-order valence-electron chi connectivity index (χ1n) is 10.2. The first-order valence-corrected chi connectivity index (χ1v) is 11.0. The Bertz CT molecular complexity index is 1090. The Hall–Kier alpha value is -2.85. The second-order valence-electron chi connectivity index (χ2n) is 7.47. The highest BCUT2D eigenvalue weighted by Crippen LogP contribution is 2.34. The molecule has 0 spiro atoms. The molecule has 1 saturated heterocycles. The van der Waals surface area contributed by atoms with Crippen molar-refractivity contribution in [2.45, 2.75) is 6.18 Å². The molecule has 4 rings (SSSR count). The molecule has 0 unspecified atom stereocenters. The summed E-state index contributed by atoms with van der Waals surface area (Å²) in [4.78, 5) is 21.4. The van der Waals surface area contributed by atoms with Crippen LogP contribution in [0, 0.1) is 0 Å². The van der Waals surface area contributed by atoms with Gasteiger partial charge in [0.25, 0.3) is 5.91 Å². The molecule has 0 saturated carbocycles. The van der Waals surface area contributed by atoms with Crippen LogP contribution in [0.5, 0.6) is 5.75 Å². The largest absolute Gasteiger partial charge is 0.494 e. The average Bonchev–Trinajstić information content (AvgIpc) is 3.23. The highest BCUT2D eigenvalue weighted by Gasteiger charge is 2.31. The second-order valence-corrected chi connectivity index (χ2v) is 8.48. The molecular formula is C22H23F3N4O2S. The normalized spacial score (nSPS) is 15.2. The Kier molecular flexibility index (Phi) is 6.52. The van der Waals surface area contributed by atoms with Gasteiger partial charge in [-0.05, 0) is 30.3 Å². The number of nitrogens with zero attached hydrogens (tertiary/aromatic N) is 3. The molecule has 0 bridgehead atoms. The highest BCUT2D eigenvalue weighted by atomic mass is 32.1. The molecule has 2 aromatic carbocycles. The zero-order valence-electron chi connectivity index (χ0n) is 17.5. The number of piperazine rings is 1. The van der Waals surface area contributed by atoms with Crippen molar-refractivity contribution in [3.63, 3.8) is 0 Å². The number of carbonyl (C=O) groups is 1. The molecule has 6 nitrogen and oxygen atoms in total. The number of hydrogen-bond donors (Lipinski definition) is 1. The van der Waals surface area contributed by atoms with Gasteiger partial charge in [-0.3, -0.25) is 9.69 Å². The molecule has 0 radical (unpaired) electrons. The number of benzene rings is 2. The van der Waals surface area contributed by atoms with Gasteiger partial charge in [0.05, 0.1) is 17.4 Å². The van der Waals surface area contributed by atoms with Gasteiger partial charge in [0.1, 0.15) is 11.3 Å². The maximum atomic E-state index is 12.8. The monoisotopic (exact) mass is 464 g/mol. The number of anilines is 1. The van der Waals surface area contributed by atoms with Crippen LogP contribution in [0.25, 0.3) is 10.2 Å². The fraction of sp³-hybridized carbons (Fsp3) is 0.364. The van der Waals surface area contributed by atoms with Gasteiger partial charge in [-0.25, -0.2) is 4.98 Å². The number of nitrogens with one attached hydrogen (secondary N) is 1. The van der Waals surface area contributed by atoms with E-state index < -0.39 is 17.6 Å². The number of para-hydroxylation sites is 1. The number of carbonyl (C=O) groups excluding carboxylic acids is 1. The van der Waals surface area contributed by atoms with Crippen LogP contribution in [-0.4, -0.2) is 62.2 Å². The van der Waals surface area contributed by atoms with Crippen LogP contribution in [-0.2, 0) is 6.18 Å². The molecule has 170 valence electrons. The lowest BCUT2D eigenvalue weighted by Crippen LogP contribution is -2.48. The molecule has 1 fully saturated rings. The van der Waals surface area contributed by atoms with E-state index in [1.165, 1.54) is 12.1 Å². The van der Waals surface area contributed by atoms with Crippen molar-refractivity contribution in [3.8, 4) is 5.75 Å². The number of ether oxygens (including phenoxy) is 1. The van der Waals surface area contributed by atoms with E-state index in [9.17, 15) is 18.0 Å². The molecule has 0 aliphatic carbocycles. The van der Waals surface area contributed by atoms with Crippen molar-refractivity contribution in [3.05, 3.63) is 53.6 Å². The third-order valence-corrected chi connectivity index (χ3v) is 6.48. The van der Waals surface area contributed by atoms with Crippen LogP contribution in [0.3, 0.4) is 0 Å². The van der Waals surface area contributed by atoms with E-state index in [2.05, 4.69) is 15.1 Å². The van der Waals surface area contributed by atoms with E-state index in [0.717, 1.165) is 59.4 Å². The Morgan fingerprint density at radius 2 is 1.91 bits per heavy atom. The van der Waals surface area contributed by atoms with E-state index >= 15 is 0 Å². The number of thiazole rings is 1. The minimum atomic E-state index is -4.47. The molecular weight excluding hydrogens is 441 g/mol. The lowest BCUT2D eigenvalue weighted by atomic mass is 10.1. The molecule has 32 heavy (non-hydrogen) atoms. The predicted octanol–water partition coefficient (Wildman–Crippen LogP) is 3.88. The van der Waals surface area contributed by atoms with Gasteiger partial charge in [0.2, 0.25) is 0 Å². The number of fused-ring (bicyclic) bond motifs is 1. The van der Waals surface area contributed by atoms with Crippen LogP contribution in [0.2, 0.25) is 0 Å². The maximum absolute atomic E-state index is 12.8. The molecule has 1 amide bonds. The second kappa shape index (κ2) is 9.33. The standard InChI is InChI=1S/C22H23F3N4O2S/c1-31-17-6-3-7-18-19(17)27-21(32-18)29-12-10-28(11-13-29)9-8-26-20(30)15-4-2-5-16(14-15)22(23,24)25/h2-7,14H,8-13H2,1H3,(H,26,30). The van der Waals surface area contributed by atoms with Crippen molar-refractivity contribution in [1.29, 1.82) is 0 Å². The fourth-order valence-electron chi connectivity index (χ4n) is 3.64. The molecule has 1 aliphatic heterocycles. The Morgan fingerprint density at radius 3 is 2.62 bits per heavy atom. The van der Waals surface area contributed by atoms with Crippen LogP contribution in [0.4, 0.5) is 18.3 Å². The summed E-state index contributed by atoms with van der Waals surface area (Å²) >= 11 is 1.64. The Balaban J connectivity index is 1.27. The van der Waals surface area contributed by atoms with Gasteiger partial charge in [0.15, 0.2) is 5.13 Å². The van der Waals surface area contributed by atoms with E-state index in [4.69, 9.17) is 9.72 Å². The first-order chi connectivity index (χ1) is 15.3. The summed E-state index contributed by atoms with van der Waals surface area (Å²) in [5.74, 6) is 0.262. The summed E-state index contributed by atoms with van der Waals surface area (Å²) < 4.78 is 45.0. The Morgan fingerprint density at radius 1 is 1.16 bits per heavy atom. The summed E-state index contributed by atoms with van der Waals surface area (Å²) in [7, 11) is 1.64. The molecule has 0 atom stereocenters. The van der Waals surface area contributed by atoms with E-state index in [1.807, 2.05) is 18.2 Å². The van der Waals surface area contributed by atoms with Gasteiger partial charge in [-0.1, -0.05) is 23.5 Å². The third kappa shape index (κ3) is 4.97. The van der Waals surface area contributed by atoms with Gasteiger partial charge in [0, 0.05) is 44.8 Å². The molecule has 10 heteroatoms. The summed E-state index contributed by atoms with van der Waals surface area (Å²) in [6.45, 7) is 4.24. The summed E-state index contributed by atoms with van der Waals surface area (Å²) in [6.07, 6.45) is -4.47. The summed E-state index contributed by atoms with van der Waals surface area (Å²) in [5.41, 5.74) is 0.0550. The van der Waals surface area contributed by atoms with Crippen LogP contribution < -0.4 is 15.0 Å². The van der Waals surface area contributed by atoms with Crippen molar-refractivity contribution < 1.29 is 22.7 Å². The number of aromatic nitrogens is 1. The Labute approximate surface area is 187 Å². The summed E-state index contributed by atoms with van der Waals surface area (Å²) in [6, 6.07) is 10.3. The third-order valence-electron chi connectivity index (χ3n) is 5.40. The summed E-state index contributed by atoms with van der Waals surface area (Å²) in [5, 5.41) is 3.67. The zero-order valence-corrected chi connectivity index (χ0v) is 18.3. The van der Waals surface area contributed by atoms with Crippen LogP contribution in [0.15, 0.2) is 42.5 Å². The van der Waals surface area contributed by atoms with Gasteiger partial charge < -0.3 is 15.0 Å². The minimum absolute atomic E-state index is 0.0101. The topological polar surface area (TPSA) is 57.7 Å². The lowest BCUT2D eigenvalue weighted by molar-refractivity contribution is -0.137. The number of rotatable bonds is 6. The SMILES string of the molecule is COc1cccc2sc(N3CCN(CCNC(=O)c4cccc(C(F)(F)F)c4)CC3)nc12. The number of methoxy groups -OCH3 is 1. The van der Waals surface area contributed by atoms with Gasteiger partial charge >= 0.3 is 6.18 Å². The maximum Gasteiger partial charge on any atom is 0.416 e. The van der Waals surface area contributed by atoms with Crippen molar-refractivity contribution in [2.24, 2.45) is 0 Å². The van der Waals surface area contributed by atoms with E-state index in [0.29, 0.717) is 13.1 Å². The van der Waals surface area contributed by atoms with Crippen LogP contribution >= 0.6 is 11.3 Å². The smallest absolute Gasteiger partial charge is 0.416 e. The number of hydrogen-bond acceptors (Lipinski definition) is 6. The average molecular weight is 465 g/mol. The van der Waals surface area contributed by atoms with Gasteiger partial charge in [-0.15, -0.1) is 0 Å². The van der Waals surface area contributed by atoms with Gasteiger partial charge in [-0.2, -0.15) is 13.2 Å². The molecule has 1 aromatic heterocycles. The number of amides is 1. The molecule has 2 heterocycles. The highest BCUT2D eigenvalue weighted by molar-refractivity contribution is 7.22. The van der Waals surface area contributed by atoms with Crippen molar-refractivity contribution in [2.75, 3.05) is 51.3 Å². The minimum Gasteiger partial charge on any atom is -0.494 e. The quantitative estimate of drug-likeness (QED) is 0.600. The lowest BCUT2D eigenvalue weighted by Gasteiger charge is -2.34. The molecule has 1 aliphatic rings. The van der Waals surface area contributed by atoms with Crippen LogP contribution in [0.1, 0.15) is 15.9 Å². The number of alkyl halides is 3. The zero-order chi connectivity index (χ0) is 22.7.